The highest BCUT2D eigenvalue weighted by molar-refractivity contribution is 9.10. The average molecular weight is 350 g/mol. The van der Waals surface area contributed by atoms with Crippen LogP contribution in [0.2, 0.25) is 0 Å². The maximum Gasteiger partial charge on any atom is 0.0880 e. The Morgan fingerprint density at radius 1 is 1.31 bits per heavy atom. The van der Waals surface area contributed by atoms with Gasteiger partial charge in [0.05, 0.1) is 6.10 Å². The molecule has 0 radical (unpaired) electrons. The summed E-state index contributed by atoms with van der Waals surface area (Å²) in [4.78, 5) is 0. The Hall–Kier alpha value is 0.140. The van der Waals surface area contributed by atoms with Crippen LogP contribution >= 0.6 is 31.9 Å². The number of rotatable bonds is 3. The summed E-state index contributed by atoms with van der Waals surface area (Å²) in [6.07, 6.45) is 0.0980. The summed E-state index contributed by atoms with van der Waals surface area (Å²) in [5.41, 5.74) is 2.57. The highest BCUT2D eigenvalue weighted by Gasteiger charge is 2.27. The van der Waals surface area contributed by atoms with Gasteiger partial charge in [-0.15, -0.1) is 0 Å². The molecule has 0 fully saturated rings. The first-order chi connectivity index (χ1) is 7.40. The van der Waals surface area contributed by atoms with E-state index in [9.17, 15) is 0 Å². The van der Waals surface area contributed by atoms with Gasteiger partial charge in [-0.1, -0.05) is 64.8 Å². The largest absolute Gasteiger partial charge is 0.376 e. The van der Waals surface area contributed by atoms with E-state index >= 15 is 0 Å². The average Bonchev–Trinajstić information content (AvgIpc) is 2.20. The number of alkyl halides is 1. The highest BCUT2D eigenvalue weighted by atomic mass is 79.9. The van der Waals surface area contributed by atoms with E-state index in [1.807, 2.05) is 0 Å². The maximum atomic E-state index is 5.64. The third-order valence-electron chi connectivity index (χ3n) is 2.52. The Morgan fingerprint density at radius 3 is 2.38 bits per heavy atom. The van der Waals surface area contributed by atoms with E-state index in [4.69, 9.17) is 4.74 Å². The summed E-state index contributed by atoms with van der Waals surface area (Å²) < 4.78 is 6.75. The molecule has 0 saturated carbocycles. The van der Waals surface area contributed by atoms with Crippen molar-refractivity contribution in [3.63, 3.8) is 0 Å². The van der Waals surface area contributed by atoms with Crippen molar-refractivity contribution in [1.29, 1.82) is 0 Å². The fourth-order valence-corrected chi connectivity index (χ4v) is 2.63. The molecule has 90 valence electrons. The standard InChI is InChI=1S/C13H18Br2O/c1-13(2,3)12(16-4)10-7-9(8-14)5-6-11(10)15/h5-7,12H,8H2,1-4H3/t12-/m1/s1. The molecule has 0 aromatic heterocycles. The van der Waals surface area contributed by atoms with Gasteiger partial charge in [-0.2, -0.15) is 0 Å². The second-order valence-electron chi connectivity index (χ2n) is 4.97. The Bertz CT molecular complexity index is 355. The minimum atomic E-state index is 0.0855. The number of ether oxygens (including phenoxy) is 1. The molecule has 3 heteroatoms. The minimum Gasteiger partial charge on any atom is -0.376 e. The van der Waals surface area contributed by atoms with Crippen LogP contribution in [0.1, 0.15) is 38.0 Å². The minimum absolute atomic E-state index is 0.0855. The van der Waals surface area contributed by atoms with Crippen molar-refractivity contribution >= 4 is 31.9 Å². The van der Waals surface area contributed by atoms with Crippen LogP contribution < -0.4 is 0 Å². The lowest BCUT2D eigenvalue weighted by atomic mass is 9.84. The van der Waals surface area contributed by atoms with E-state index < -0.39 is 0 Å². The number of halogens is 2. The third-order valence-corrected chi connectivity index (χ3v) is 3.89. The molecule has 0 aliphatic rings. The van der Waals surface area contributed by atoms with E-state index in [1.165, 1.54) is 11.1 Å². The molecule has 0 aliphatic heterocycles. The first kappa shape index (κ1) is 14.2. The summed E-state index contributed by atoms with van der Waals surface area (Å²) in [7, 11) is 1.77. The van der Waals surface area contributed by atoms with Crippen molar-refractivity contribution < 1.29 is 4.74 Å². The second-order valence-corrected chi connectivity index (χ2v) is 6.39. The van der Waals surface area contributed by atoms with Gasteiger partial charge in [-0.25, -0.2) is 0 Å². The third kappa shape index (κ3) is 3.31. The van der Waals surface area contributed by atoms with Crippen molar-refractivity contribution in [2.45, 2.75) is 32.2 Å². The van der Waals surface area contributed by atoms with Gasteiger partial charge in [-0.3, -0.25) is 0 Å². The molecule has 1 atom stereocenters. The van der Waals surface area contributed by atoms with E-state index in [1.54, 1.807) is 7.11 Å². The van der Waals surface area contributed by atoms with Gasteiger partial charge in [-0.05, 0) is 22.6 Å². The molecule has 0 heterocycles. The normalized spacial score (nSPS) is 13.9. The van der Waals surface area contributed by atoms with E-state index in [0.717, 1.165) is 9.80 Å². The predicted octanol–water partition coefficient (Wildman–Crippen LogP) is 5.08. The molecule has 0 amide bonds. The van der Waals surface area contributed by atoms with Crippen LogP contribution in [0.4, 0.5) is 0 Å². The highest BCUT2D eigenvalue weighted by Crippen LogP contribution is 2.39. The molecular weight excluding hydrogens is 332 g/mol. The Morgan fingerprint density at radius 2 is 1.94 bits per heavy atom. The first-order valence-electron chi connectivity index (χ1n) is 5.27. The van der Waals surface area contributed by atoms with Gasteiger partial charge in [0, 0.05) is 16.9 Å². The lowest BCUT2D eigenvalue weighted by Crippen LogP contribution is -2.20. The lowest BCUT2D eigenvalue weighted by molar-refractivity contribution is 0.0146. The van der Waals surface area contributed by atoms with Crippen molar-refractivity contribution in [2.24, 2.45) is 5.41 Å². The number of hydrogen-bond acceptors (Lipinski definition) is 1. The fourth-order valence-electron chi connectivity index (χ4n) is 1.82. The Kier molecular flexibility index (Phi) is 5.02. The predicted molar refractivity (Wildman–Crippen MR) is 76.0 cm³/mol. The van der Waals surface area contributed by atoms with E-state index in [-0.39, 0.29) is 11.5 Å². The van der Waals surface area contributed by atoms with Gasteiger partial charge < -0.3 is 4.74 Å². The van der Waals surface area contributed by atoms with Crippen LogP contribution in [0.15, 0.2) is 22.7 Å². The zero-order valence-corrected chi connectivity index (χ0v) is 13.4. The van der Waals surface area contributed by atoms with Crippen LogP contribution in [-0.4, -0.2) is 7.11 Å². The van der Waals surface area contributed by atoms with Crippen molar-refractivity contribution in [2.75, 3.05) is 7.11 Å². The zero-order valence-electron chi connectivity index (χ0n) is 10.2. The zero-order chi connectivity index (χ0) is 12.3. The smallest absolute Gasteiger partial charge is 0.0880 e. The van der Waals surface area contributed by atoms with Gasteiger partial charge in [0.15, 0.2) is 0 Å². The molecule has 0 bridgehead atoms. The molecule has 1 aromatic rings. The summed E-state index contributed by atoms with van der Waals surface area (Å²) >= 11 is 7.08. The van der Waals surface area contributed by atoms with Crippen LogP contribution in [0.25, 0.3) is 0 Å². The molecule has 1 nitrogen and oxygen atoms in total. The molecule has 0 spiro atoms. The van der Waals surface area contributed by atoms with Crippen molar-refractivity contribution in [3.05, 3.63) is 33.8 Å². The SMILES string of the molecule is CO[C@H](c1cc(CBr)ccc1Br)C(C)(C)C. The molecule has 0 unspecified atom stereocenters. The summed E-state index contributed by atoms with van der Waals surface area (Å²) in [6.45, 7) is 6.57. The molecule has 0 N–H and O–H groups in total. The first-order valence-corrected chi connectivity index (χ1v) is 7.18. The fraction of sp³-hybridized carbons (Fsp3) is 0.538. The van der Waals surface area contributed by atoms with Gasteiger partial charge in [0.25, 0.3) is 0 Å². The van der Waals surface area contributed by atoms with Crippen molar-refractivity contribution in [3.8, 4) is 0 Å². The molecule has 1 rings (SSSR count). The Balaban J connectivity index is 3.18. The second kappa shape index (κ2) is 5.65. The quantitative estimate of drug-likeness (QED) is 0.691. The van der Waals surface area contributed by atoms with E-state index in [2.05, 4.69) is 70.8 Å². The van der Waals surface area contributed by atoms with Crippen LogP contribution in [0.5, 0.6) is 0 Å². The summed E-state index contributed by atoms with van der Waals surface area (Å²) in [5, 5.41) is 0.869. The summed E-state index contributed by atoms with van der Waals surface area (Å²) in [6, 6.07) is 6.39. The molecular formula is C13H18Br2O. The maximum absolute atomic E-state index is 5.64. The van der Waals surface area contributed by atoms with Crippen LogP contribution in [-0.2, 0) is 10.1 Å². The summed E-state index contributed by atoms with van der Waals surface area (Å²) in [5.74, 6) is 0. The van der Waals surface area contributed by atoms with Gasteiger partial charge >= 0.3 is 0 Å². The topological polar surface area (TPSA) is 9.23 Å². The molecule has 16 heavy (non-hydrogen) atoms. The van der Waals surface area contributed by atoms with Crippen molar-refractivity contribution in [1.82, 2.24) is 0 Å². The molecule has 1 aromatic carbocycles. The molecule has 0 saturated heterocycles. The number of benzene rings is 1. The molecule has 0 aliphatic carbocycles. The number of hydrogen-bond donors (Lipinski definition) is 0. The van der Waals surface area contributed by atoms with Gasteiger partial charge in [0.1, 0.15) is 0 Å². The lowest BCUT2D eigenvalue weighted by Gasteiger charge is -2.30. The van der Waals surface area contributed by atoms with E-state index in [0.29, 0.717) is 0 Å². The van der Waals surface area contributed by atoms with Crippen LogP contribution in [0.3, 0.4) is 0 Å². The number of methoxy groups -OCH3 is 1. The van der Waals surface area contributed by atoms with Gasteiger partial charge in [0.2, 0.25) is 0 Å². The monoisotopic (exact) mass is 348 g/mol. The Labute approximate surface area is 115 Å². The van der Waals surface area contributed by atoms with Crippen LogP contribution in [0, 0.1) is 5.41 Å².